The summed E-state index contributed by atoms with van der Waals surface area (Å²) in [5, 5.41) is 8.20. The minimum atomic E-state index is 0.804. The van der Waals surface area contributed by atoms with E-state index < -0.39 is 0 Å². The van der Waals surface area contributed by atoms with Gasteiger partial charge in [0.1, 0.15) is 0 Å². The summed E-state index contributed by atoms with van der Waals surface area (Å²) < 4.78 is 0.804. The lowest BCUT2D eigenvalue weighted by Gasteiger charge is -1.93. The van der Waals surface area contributed by atoms with Crippen LogP contribution in [-0.2, 0) is 0 Å². The van der Waals surface area contributed by atoms with Crippen LogP contribution in [-0.4, -0.2) is 11.5 Å². The van der Waals surface area contributed by atoms with Gasteiger partial charge in [-0.25, -0.2) is 4.98 Å². The van der Waals surface area contributed by atoms with E-state index in [9.17, 15) is 0 Å². The lowest BCUT2D eigenvalue weighted by atomic mass is 10.3. The van der Waals surface area contributed by atoms with Gasteiger partial charge in [-0.15, -0.1) is 22.7 Å². The second-order valence-corrected chi connectivity index (χ2v) is 5.11. The predicted octanol–water partition coefficient (Wildman–Crippen LogP) is 3.96. The fourth-order valence-electron chi connectivity index (χ4n) is 1.08. The molecule has 1 N–H and O–H groups in total. The zero-order valence-electron chi connectivity index (χ0n) is 7.58. The standard InChI is InChI=1S/C9H9ClN2S2/c1-2-11-9-12-7(5-14-9)6-3-8(10)13-4-6/h3-5H,2H2,1H3,(H,11,12). The highest BCUT2D eigenvalue weighted by molar-refractivity contribution is 7.15. The largest absolute Gasteiger partial charge is 0.362 e. The maximum atomic E-state index is 5.86. The zero-order chi connectivity index (χ0) is 9.97. The summed E-state index contributed by atoms with van der Waals surface area (Å²) in [5.74, 6) is 0. The van der Waals surface area contributed by atoms with Crippen molar-refractivity contribution in [3.8, 4) is 11.3 Å². The summed E-state index contributed by atoms with van der Waals surface area (Å²) >= 11 is 9.01. The van der Waals surface area contributed by atoms with Gasteiger partial charge in [0.05, 0.1) is 10.0 Å². The van der Waals surface area contributed by atoms with Crippen molar-refractivity contribution in [1.29, 1.82) is 0 Å². The second kappa shape index (κ2) is 4.29. The molecule has 0 radical (unpaired) electrons. The number of halogens is 1. The van der Waals surface area contributed by atoms with Crippen LogP contribution in [0.2, 0.25) is 4.34 Å². The van der Waals surface area contributed by atoms with Crippen LogP contribution in [0.3, 0.4) is 0 Å². The molecule has 2 rings (SSSR count). The Kier molecular flexibility index (Phi) is 3.05. The molecule has 74 valence electrons. The van der Waals surface area contributed by atoms with E-state index in [0.29, 0.717) is 0 Å². The molecule has 0 aromatic carbocycles. The van der Waals surface area contributed by atoms with Crippen molar-refractivity contribution in [2.24, 2.45) is 0 Å². The van der Waals surface area contributed by atoms with Gasteiger partial charge >= 0.3 is 0 Å². The molecule has 0 unspecified atom stereocenters. The number of hydrogen-bond acceptors (Lipinski definition) is 4. The highest BCUT2D eigenvalue weighted by Crippen LogP contribution is 2.30. The van der Waals surface area contributed by atoms with Gasteiger partial charge in [-0.2, -0.15) is 0 Å². The SMILES string of the molecule is CCNc1nc(-c2csc(Cl)c2)cs1. The van der Waals surface area contributed by atoms with Gasteiger partial charge in [0.15, 0.2) is 5.13 Å². The van der Waals surface area contributed by atoms with Crippen LogP contribution in [0.5, 0.6) is 0 Å². The number of aromatic nitrogens is 1. The fraction of sp³-hybridized carbons (Fsp3) is 0.222. The molecule has 2 aromatic heterocycles. The van der Waals surface area contributed by atoms with E-state index in [0.717, 1.165) is 27.3 Å². The molecule has 5 heteroatoms. The van der Waals surface area contributed by atoms with E-state index >= 15 is 0 Å². The number of anilines is 1. The quantitative estimate of drug-likeness (QED) is 0.884. The van der Waals surface area contributed by atoms with E-state index in [1.54, 1.807) is 11.3 Å². The smallest absolute Gasteiger partial charge is 0.183 e. The van der Waals surface area contributed by atoms with Gasteiger partial charge in [0, 0.05) is 22.9 Å². The Morgan fingerprint density at radius 1 is 1.43 bits per heavy atom. The van der Waals surface area contributed by atoms with Crippen LogP contribution >= 0.6 is 34.3 Å². The lowest BCUT2D eigenvalue weighted by Crippen LogP contribution is -1.94. The maximum absolute atomic E-state index is 5.86. The van der Waals surface area contributed by atoms with Crippen molar-refractivity contribution in [2.45, 2.75) is 6.92 Å². The van der Waals surface area contributed by atoms with Crippen molar-refractivity contribution in [3.63, 3.8) is 0 Å². The van der Waals surface area contributed by atoms with Crippen LogP contribution in [0.1, 0.15) is 6.92 Å². The van der Waals surface area contributed by atoms with Crippen LogP contribution in [0, 0.1) is 0 Å². The average Bonchev–Trinajstić information content (AvgIpc) is 2.74. The minimum Gasteiger partial charge on any atom is -0.362 e. The molecule has 0 aliphatic rings. The third kappa shape index (κ3) is 2.08. The van der Waals surface area contributed by atoms with Crippen LogP contribution < -0.4 is 5.32 Å². The summed E-state index contributed by atoms with van der Waals surface area (Å²) in [7, 11) is 0. The fourth-order valence-corrected chi connectivity index (χ4v) is 2.75. The normalized spacial score (nSPS) is 10.4. The first-order valence-corrected chi connectivity index (χ1v) is 6.37. The van der Waals surface area contributed by atoms with E-state index in [2.05, 4.69) is 17.2 Å². The summed E-state index contributed by atoms with van der Waals surface area (Å²) in [6, 6.07) is 1.94. The molecule has 0 saturated carbocycles. The molecular weight excluding hydrogens is 236 g/mol. The molecule has 0 bridgehead atoms. The number of rotatable bonds is 3. The molecule has 2 nitrogen and oxygen atoms in total. The van der Waals surface area contributed by atoms with Crippen molar-refractivity contribution < 1.29 is 0 Å². The third-order valence-corrected chi connectivity index (χ3v) is 3.59. The van der Waals surface area contributed by atoms with Crippen LogP contribution in [0.4, 0.5) is 5.13 Å². The molecule has 14 heavy (non-hydrogen) atoms. The van der Waals surface area contributed by atoms with Crippen molar-refractivity contribution in [3.05, 3.63) is 21.2 Å². The number of hydrogen-bond donors (Lipinski definition) is 1. The molecule has 0 aliphatic heterocycles. The van der Waals surface area contributed by atoms with Crippen molar-refractivity contribution >= 4 is 39.4 Å². The Balaban J connectivity index is 2.24. The first kappa shape index (κ1) is 9.96. The highest BCUT2D eigenvalue weighted by atomic mass is 35.5. The molecule has 0 amide bonds. The predicted molar refractivity (Wildman–Crippen MR) is 64.6 cm³/mol. The Labute approximate surface area is 95.6 Å². The van der Waals surface area contributed by atoms with E-state index in [-0.39, 0.29) is 0 Å². The van der Waals surface area contributed by atoms with Gasteiger partial charge in [0.25, 0.3) is 0 Å². The van der Waals surface area contributed by atoms with E-state index in [1.165, 1.54) is 11.3 Å². The number of nitrogens with zero attached hydrogens (tertiary/aromatic N) is 1. The Morgan fingerprint density at radius 2 is 2.29 bits per heavy atom. The number of nitrogens with one attached hydrogen (secondary N) is 1. The number of thiophene rings is 1. The summed E-state index contributed by atoms with van der Waals surface area (Å²) in [6.07, 6.45) is 0. The third-order valence-electron chi connectivity index (χ3n) is 1.70. The van der Waals surface area contributed by atoms with Gasteiger partial charge in [-0.3, -0.25) is 0 Å². The summed E-state index contributed by atoms with van der Waals surface area (Å²) in [6.45, 7) is 2.96. The van der Waals surface area contributed by atoms with E-state index in [4.69, 9.17) is 11.6 Å². The molecule has 0 fully saturated rings. The topological polar surface area (TPSA) is 24.9 Å². The molecule has 0 saturated heterocycles. The maximum Gasteiger partial charge on any atom is 0.183 e. The molecule has 2 heterocycles. The first-order valence-electron chi connectivity index (χ1n) is 4.23. The van der Waals surface area contributed by atoms with Crippen LogP contribution in [0.15, 0.2) is 16.8 Å². The van der Waals surface area contributed by atoms with Crippen molar-refractivity contribution in [1.82, 2.24) is 4.98 Å². The first-order chi connectivity index (χ1) is 6.79. The lowest BCUT2D eigenvalue weighted by molar-refractivity contribution is 1.19. The average molecular weight is 245 g/mol. The molecule has 0 atom stereocenters. The van der Waals surface area contributed by atoms with Crippen LogP contribution in [0.25, 0.3) is 11.3 Å². The summed E-state index contributed by atoms with van der Waals surface area (Å²) in [5.41, 5.74) is 2.09. The minimum absolute atomic E-state index is 0.804. The Bertz CT molecular complexity index is 422. The van der Waals surface area contributed by atoms with Gasteiger partial charge in [-0.1, -0.05) is 11.6 Å². The van der Waals surface area contributed by atoms with E-state index in [1.807, 2.05) is 16.8 Å². The highest BCUT2D eigenvalue weighted by Gasteiger charge is 2.05. The second-order valence-electron chi connectivity index (χ2n) is 2.71. The number of thiazole rings is 1. The summed E-state index contributed by atoms with van der Waals surface area (Å²) in [4.78, 5) is 4.44. The Hall–Kier alpha value is -0.580. The van der Waals surface area contributed by atoms with Crippen molar-refractivity contribution in [2.75, 3.05) is 11.9 Å². The molecule has 0 aliphatic carbocycles. The molecular formula is C9H9ClN2S2. The Morgan fingerprint density at radius 3 is 2.93 bits per heavy atom. The zero-order valence-corrected chi connectivity index (χ0v) is 9.97. The molecule has 0 spiro atoms. The van der Waals surface area contributed by atoms with Gasteiger partial charge in [0.2, 0.25) is 0 Å². The molecule has 2 aromatic rings. The van der Waals surface area contributed by atoms with Gasteiger partial charge in [-0.05, 0) is 13.0 Å². The monoisotopic (exact) mass is 244 g/mol. The van der Waals surface area contributed by atoms with Gasteiger partial charge < -0.3 is 5.32 Å².